The summed E-state index contributed by atoms with van der Waals surface area (Å²) in [5.74, 6) is 0.814. The van der Waals surface area contributed by atoms with Gasteiger partial charge in [0.15, 0.2) is 0 Å². The molecule has 0 aliphatic heterocycles. The SMILES string of the molecule is Fc1cccc(OCc2cc3cc(Cl)ccc3o2)c1. The van der Waals surface area contributed by atoms with E-state index in [1.165, 1.54) is 12.1 Å². The van der Waals surface area contributed by atoms with E-state index in [2.05, 4.69) is 0 Å². The molecule has 2 nitrogen and oxygen atoms in total. The van der Waals surface area contributed by atoms with Gasteiger partial charge in [0, 0.05) is 16.5 Å². The molecule has 0 radical (unpaired) electrons. The van der Waals surface area contributed by atoms with Gasteiger partial charge in [0.25, 0.3) is 0 Å². The number of rotatable bonds is 3. The lowest BCUT2D eigenvalue weighted by Gasteiger charge is -2.03. The Hall–Kier alpha value is -2.00. The van der Waals surface area contributed by atoms with Crippen LogP contribution in [0, 0.1) is 5.82 Å². The first-order valence-electron chi connectivity index (χ1n) is 5.77. The van der Waals surface area contributed by atoms with Gasteiger partial charge in [-0.05, 0) is 36.4 Å². The second-order valence-electron chi connectivity index (χ2n) is 4.14. The summed E-state index contributed by atoms with van der Waals surface area (Å²) < 4.78 is 24.1. The summed E-state index contributed by atoms with van der Waals surface area (Å²) in [6.45, 7) is 0.246. The van der Waals surface area contributed by atoms with Gasteiger partial charge in [0.05, 0.1) is 0 Å². The molecule has 1 heterocycles. The Morgan fingerprint density at radius 1 is 1.11 bits per heavy atom. The van der Waals surface area contributed by atoms with Gasteiger partial charge >= 0.3 is 0 Å². The average molecular weight is 277 g/mol. The quantitative estimate of drug-likeness (QED) is 0.685. The number of hydrogen-bond donors (Lipinski definition) is 0. The standard InChI is InChI=1S/C15H10ClFO2/c16-11-4-5-15-10(6-11)7-14(19-15)9-18-13-3-1-2-12(17)8-13/h1-8H,9H2. The summed E-state index contributed by atoms with van der Waals surface area (Å²) in [4.78, 5) is 0. The molecule has 0 saturated carbocycles. The van der Waals surface area contributed by atoms with Gasteiger partial charge in [-0.1, -0.05) is 17.7 Å². The van der Waals surface area contributed by atoms with Crippen LogP contribution in [-0.4, -0.2) is 0 Å². The van der Waals surface area contributed by atoms with Gasteiger partial charge in [-0.15, -0.1) is 0 Å². The number of fused-ring (bicyclic) bond motifs is 1. The molecule has 0 fully saturated rings. The molecule has 4 heteroatoms. The number of hydrogen-bond acceptors (Lipinski definition) is 2. The summed E-state index contributed by atoms with van der Waals surface area (Å²) in [5.41, 5.74) is 0.752. The molecule has 0 aliphatic rings. The highest BCUT2D eigenvalue weighted by Crippen LogP contribution is 2.24. The molecule has 2 aromatic carbocycles. The highest BCUT2D eigenvalue weighted by Gasteiger charge is 2.05. The molecular formula is C15H10ClFO2. The molecular weight excluding hydrogens is 267 g/mol. The molecule has 0 atom stereocenters. The van der Waals surface area contributed by atoms with Crippen LogP contribution < -0.4 is 4.74 Å². The van der Waals surface area contributed by atoms with Crippen molar-refractivity contribution in [2.45, 2.75) is 6.61 Å². The van der Waals surface area contributed by atoms with Crippen LogP contribution in [0.2, 0.25) is 5.02 Å². The maximum atomic E-state index is 13.0. The molecule has 0 saturated heterocycles. The maximum absolute atomic E-state index is 13.0. The number of furan rings is 1. The van der Waals surface area contributed by atoms with E-state index in [4.69, 9.17) is 20.8 Å². The third-order valence-corrected chi connectivity index (χ3v) is 2.94. The van der Waals surface area contributed by atoms with Crippen LogP contribution in [0.25, 0.3) is 11.0 Å². The Bertz CT molecular complexity index is 721. The van der Waals surface area contributed by atoms with Gasteiger partial charge in [-0.2, -0.15) is 0 Å². The Labute approximate surface area is 114 Å². The zero-order chi connectivity index (χ0) is 13.2. The Morgan fingerprint density at radius 3 is 2.84 bits per heavy atom. The van der Waals surface area contributed by atoms with E-state index < -0.39 is 0 Å². The van der Waals surface area contributed by atoms with Gasteiger partial charge < -0.3 is 9.15 Å². The molecule has 0 N–H and O–H groups in total. The largest absolute Gasteiger partial charge is 0.486 e. The third kappa shape index (κ3) is 2.71. The molecule has 96 valence electrons. The van der Waals surface area contributed by atoms with Crippen LogP contribution in [0.5, 0.6) is 5.75 Å². The zero-order valence-electron chi connectivity index (χ0n) is 9.90. The summed E-state index contributed by atoms with van der Waals surface area (Å²) in [5, 5.41) is 1.58. The van der Waals surface area contributed by atoms with E-state index in [-0.39, 0.29) is 12.4 Å². The molecule has 0 aliphatic carbocycles. The molecule has 19 heavy (non-hydrogen) atoms. The van der Waals surface area contributed by atoms with E-state index in [1.54, 1.807) is 18.2 Å². The normalized spacial score (nSPS) is 10.8. The molecule has 0 spiro atoms. The van der Waals surface area contributed by atoms with Gasteiger partial charge in [-0.25, -0.2) is 4.39 Å². The van der Waals surface area contributed by atoms with Gasteiger partial charge in [0.2, 0.25) is 0 Å². The fraction of sp³-hybridized carbons (Fsp3) is 0.0667. The lowest BCUT2D eigenvalue weighted by molar-refractivity contribution is 0.273. The Morgan fingerprint density at radius 2 is 2.00 bits per heavy atom. The first kappa shape index (κ1) is 12.1. The molecule has 1 aromatic heterocycles. The fourth-order valence-corrected chi connectivity index (χ4v) is 2.03. The van der Waals surface area contributed by atoms with Crippen molar-refractivity contribution in [1.82, 2.24) is 0 Å². The molecule has 3 rings (SSSR count). The number of halogens is 2. The third-order valence-electron chi connectivity index (χ3n) is 2.71. The lowest BCUT2D eigenvalue weighted by atomic mass is 10.2. The van der Waals surface area contributed by atoms with E-state index in [9.17, 15) is 4.39 Å². The first-order chi connectivity index (χ1) is 9.20. The molecule has 3 aromatic rings. The van der Waals surface area contributed by atoms with E-state index >= 15 is 0 Å². The zero-order valence-corrected chi connectivity index (χ0v) is 10.7. The highest BCUT2D eigenvalue weighted by molar-refractivity contribution is 6.31. The van der Waals surface area contributed by atoms with Gasteiger partial charge in [0.1, 0.15) is 29.5 Å². The minimum Gasteiger partial charge on any atom is -0.486 e. The van der Waals surface area contributed by atoms with E-state index in [0.717, 1.165) is 11.0 Å². The van der Waals surface area contributed by atoms with Crippen LogP contribution in [0.1, 0.15) is 5.76 Å². The van der Waals surface area contributed by atoms with Crippen LogP contribution in [0.4, 0.5) is 4.39 Å². The van der Waals surface area contributed by atoms with Crippen molar-refractivity contribution in [2.24, 2.45) is 0 Å². The van der Waals surface area contributed by atoms with E-state index in [1.807, 2.05) is 18.2 Å². The number of ether oxygens (including phenoxy) is 1. The van der Waals surface area contributed by atoms with Crippen molar-refractivity contribution in [2.75, 3.05) is 0 Å². The van der Waals surface area contributed by atoms with Crippen molar-refractivity contribution < 1.29 is 13.5 Å². The van der Waals surface area contributed by atoms with Crippen molar-refractivity contribution in [3.05, 3.63) is 65.1 Å². The van der Waals surface area contributed by atoms with Crippen LogP contribution in [0.3, 0.4) is 0 Å². The van der Waals surface area contributed by atoms with Gasteiger partial charge in [-0.3, -0.25) is 0 Å². The Kier molecular flexibility index (Phi) is 3.13. The molecule has 0 amide bonds. The minimum absolute atomic E-state index is 0.246. The summed E-state index contributed by atoms with van der Waals surface area (Å²) >= 11 is 5.90. The van der Waals surface area contributed by atoms with Crippen molar-refractivity contribution in [1.29, 1.82) is 0 Å². The topological polar surface area (TPSA) is 22.4 Å². The fourth-order valence-electron chi connectivity index (χ4n) is 1.85. The molecule has 0 bridgehead atoms. The minimum atomic E-state index is -0.325. The predicted molar refractivity (Wildman–Crippen MR) is 72.0 cm³/mol. The van der Waals surface area contributed by atoms with Crippen LogP contribution >= 0.6 is 11.6 Å². The van der Waals surface area contributed by atoms with Crippen molar-refractivity contribution in [3.8, 4) is 5.75 Å². The van der Waals surface area contributed by atoms with Crippen molar-refractivity contribution in [3.63, 3.8) is 0 Å². The molecule has 0 unspecified atom stereocenters. The van der Waals surface area contributed by atoms with Crippen molar-refractivity contribution >= 4 is 22.6 Å². The number of benzene rings is 2. The second-order valence-corrected chi connectivity index (χ2v) is 4.58. The Balaban J connectivity index is 1.78. The average Bonchev–Trinajstić information content (AvgIpc) is 2.78. The summed E-state index contributed by atoms with van der Waals surface area (Å²) in [6, 6.07) is 13.3. The summed E-state index contributed by atoms with van der Waals surface area (Å²) in [6.07, 6.45) is 0. The first-order valence-corrected chi connectivity index (χ1v) is 6.15. The van der Waals surface area contributed by atoms with E-state index in [0.29, 0.717) is 16.5 Å². The van der Waals surface area contributed by atoms with Crippen LogP contribution in [-0.2, 0) is 6.61 Å². The smallest absolute Gasteiger partial charge is 0.146 e. The summed E-state index contributed by atoms with van der Waals surface area (Å²) in [7, 11) is 0. The predicted octanol–water partition coefficient (Wildman–Crippen LogP) is 4.80. The maximum Gasteiger partial charge on any atom is 0.146 e. The monoisotopic (exact) mass is 276 g/mol. The second kappa shape index (κ2) is 4.94. The lowest BCUT2D eigenvalue weighted by Crippen LogP contribution is -1.93. The van der Waals surface area contributed by atoms with Crippen LogP contribution in [0.15, 0.2) is 52.9 Å². The highest BCUT2D eigenvalue weighted by atomic mass is 35.5.